The first-order valence-corrected chi connectivity index (χ1v) is 13.4. The van der Waals surface area contributed by atoms with Crippen LogP contribution in [-0.2, 0) is 20.7 Å². The summed E-state index contributed by atoms with van der Waals surface area (Å²) in [6, 6.07) is 24.1. The maximum Gasteiger partial charge on any atom is 0.410 e. The maximum absolute atomic E-state index is 13.3. The SMILES string of the molecule is CC(C)c1ccc(CCC(C(=O)OC(C)(C)C)N(C)C(=O)OCC2c3ccccc3-c3ccccc32)cc1. The molecule has 0 saturated heterocycles. The molecule has 0 heterocycles. The molecule has 3 aromatic rings. The fourth-order valence-corrected chi connectivity index (χ4v) is 5.04. The molecule has 5 nitrogen and oxygen atoms in total. The van der Waals surface area contributed by atoms with Gasteiger partial charge in [0, 0.05) is 13.0 Å². The van der Waals surface area contributed by atoms with E-state index in [1.54, 1.807) is 7.05 Å². The number of carbonyl (C=O) groups excluding carboxylic acids is 2. The van der Waals surface area contributed by atoms with Crippen molar-refractivity contribution in [2.24, 2.45) is 0 Å². The van der Waals surface area contributed by atoms with Crippen molar-refractivity contribution in [1.29, 1.82) is 0 Å². The second-order valence-electron chi connectivity index (χ2n) is 11.4. The van der Waals surface area contributed by atoms with E-state index in [-0.39, 0.29) is 12.5 Å². The normalized spacial score (nSPS) is 13.6. The summed E-state index contributed by atoms with van der Waals surface area (Å²) in [6.45, 7) is 10.0. The van der Waals surface area contributed by atoms with Crippen LogP contribution in [0, 0.1) is 0 Å². The molecule has 0 aromatic heterocycles. The second-order valence-corrected chi connectivity index (χ2v) is 11.4. The Hall–Kier alpha value is -3.60. The van der Waals surface area contributed by atoms with E-state index in [0.29, 0.717) is 18.8 Å². The summed E-state index contributed by atoms with van der Waals surface area (Å²) in [5.41, 5.74) is 6.38. The smallest absolute Gasteiger partial charge is 0.410 e. The van der Waals surface area contributed by atoms with Gasteiger partial charge in [0.05, 0.1) is 0 Å². The third kappa shape index (κ3) is 6.27. The lowest BCUT2D eigenvalue weighted by Gasteiger charge is -2.30. The molecule has 0 bridgehead atoms. The Kier molecular flexibility index (Phi) is 8.25. The highest BCUT2D eigenvalue weighted by molar-refractivity contribution is 5.82. The topological polar surface area (TPSA) is 55.8 Å². The van der Waals surface area contributed by atoms with Crippen LogP contribution in [0.25, 0.3) is 11.1 Å². The Bertz CT molecular complexity index is 1230. The van der Waals surface area contributed by atoms with Gasteiger partial charge in [-0.15, -0.1) is 0 Å². The van der Waals surface area contributed by atoms with Gasteiger partial charge in [-0.2, -0.15) is 0 Å². The Morgan fingerprint density at radius 1 is 0.868 bits per heavy atom. The van der Waals surface area contributed by atoms with Crippen LogP contribution in [0.1, 0.15) is 75.1 Å². The van der Waals surface area contributed by atoms with Crippen LogP contribution in [-0.4, -0.2) is 42.3 Å². The number of fused-ring (bicyclic) bond motifs is 3. The van der Waals surface area contributed by atoms with Crippen molar-refractivity contribution in [3.63, 3.8) is 0 Å². The van der Waals surface area contributed by atoms with Crippen molar-refractivity contribution >= 4 is 12.1 Å². The number of likely N-dealkylation sites (N-methyl/N-ethyl adjacent to an activating group) is 1. The van der Waals surface area contributed by atoms with Crippen LogP contribution in [0.5, 0.6) is 0 Å². The largest absolute Gasteiger partial charge is 0.458 e. The number of esters is 1. The molecular formula is C33H39NO4. The summed E-state index contributed by atoms with van der Waals surface area (Å²) in [4.78, 5) is 27.8. The van der Waals surface area contributed by atoms with Gasteiger partial charge in [-0.05, 0) is 72.9 Å². The van der Waals surface area contributed by atoms with Gasteiger partial charge in [-0.3, -0.25) is 4.90 Å². The Morgan fingerprint density at radius 3 is 1.95 bits per heavy atom. The van der Waals surface area contributed by atoms with Gasteiger partial charge in [-0.1, -0.05) is 86.6 Å². The molecule has 0 aliphatic heterocycles. The second kappa shape index (κ2) is 11.4. The van der Waals surface area contributed by atoms with Gasteiger partial charge in [0.25, 0.3) is 0 Å². The Balaban J connectivity index is 1.47. The molecule has 3 aromatic carbocycles. The van der Waals surface area contributed by atoms with E-state index in [4.69, 9.17) is 9.47 Å². The summed E-state index contributed by atoms with van der Waals surface area (Å²) in [5, 5.41) is 0. The molecule has 0 radical (unpaired) electrons. The molecule has 1 aliphatic rings. The lowest BCUT2D eigenvalue weighted by molar-refractivity contribution is -0.160. The minimum Gasteiger partial charge on any atom is -0.458 e. The zero-order valence-electron chi connectivity index (χ0n) is 23.4. The molecule has 1 atom stereocenters. The lowest BCUT2D eigenvalue weighted by atomic mass is 9.98. The standard InChI is InChI=1S/C33H39NO4/c1-22(2)24-18-15-23(16-19-24)17-20-30(31(35)38-33(3,4)5)34(6)32(36)37-21-29-27-13-9-7-11-25(27)26-12-8-10-14-28(26)29/h7-16,18-19,22,29-30H,17,20-21H2,1-6H3. The van der Waals surface area contributed by atoms with Gasteiger partial charge < -0.3 is 9.47 Å². The molecule has 1 unspecified atom stereocenters. The van der Waals surface area contributed by atoms with Gasteiger partial charge in [-0.25, -0.2) is 9.59 Å². The molecule has 5 heteroatoms. The molecule has 1 aliphatic carbocycles. The van der Waals surface area contributed by atoms with E-state index in [1.165, 1.54) is 21.6 Å². The summed E-state index contributed by atoms with van der Waals surface area (Å²) in [5.74, 6) is -0.00947. The third-order valence-electron chi connectivity index (χ3n) is 7.12. The summed E-state index contributed by atoms with van der Waals surface area (Å²) < 4.78 is 11.5. The van der Waals surface area contributed by atoms with E-state index >= 15 is 0 Å². The molecule has 1 amide bonds. The van der Waals surface area contributed by atoms with E-state index in [0.717, 1.165) is 16.7 Å². The monoisotopic (exact) mass is 513 g/mol. The average molecular weight is 514 g/mol. The summed E-state index contributed by atoms with van der Waals surface area (Å²) >= 11 is 0. The fraction of sp³-hybridized carbons (Fsp3) is 0.394. The quantitative estimate of drug-likeness (QED) is 0.296. The zero-order valence-corrected chi connectivity index (χ0v) is 23.4. The molecule has 4 rings (SSSR count). The number of hydrogen-bond donors (Lipinski definition) is 0. The number of benzene rings is 3. The number of aryl methyl sites for hydroxylation is 1. The first kappa shape index (κ1) is 27.4. The average Bonchev–Trinajstić information content (AvgIpc) is 3.20. The molecule has 0 N–H and O–H groups in total. The van der Waals surface area contributed by atoms with Crippen LogP contribution in [0.15, 0.2) is 72.8 Å². The van der Waals surface area contributed by atoms with Gasteiger partial charge in [0.2, 0.25) is 0 Å². The zero-order chi connectivity index (χ0) is 27.4. The maximum atomic E-state index is 13.3. The van der Waals surface area contributed by atoms with Crippen molar-refractivity contribution < 1.29 is 19.1 Å². The number of amides is 1. The van der Waals surface area contributed by atoms with Crippen LogP contribution < -0.4 is 0 Å². The van der Waals surface area contributed by atoms with E-state index < -0.39 is 23.7 Å². The van der Waals surface area contributed by atoms with Crippen LogP contribution >= 0.6 is 0 Å². The highest BCUT2D eigenvalue weighted by atomic mass is 16.6. The lowest BCUT2D eigenvalue weighted by Crippen LogP contribution is -2.46. The fourth-order valence-electron chi connectivity index (χ4n) is 5.04. The van der Waals surface area contributed by atoms with E-state index in [2.05, 4.69) is 62.4 Å². The molecular weight excluding hydrogens is 474 g/mol. The summed E-state index contributed by atoms with van der Waals surface area (Å²) in [6.07, 6.45) is 0.554. The third-order valence-corrected chi connectivity index (χ3v) is 7.12. The molecule has 0 spiro atoms. The molecule has 200 valence electrons. The van der Waals surface area contributed by atoms with Crippen molar-refractivity contribution in [2.75, 3.05) is 13.7 Å². The van der Waals surface area contributed by atoms with Crippen molar-refractivity contribution in [3.05, 3.63) is 95.1 Å². The van der Waals surface area contributed by atoms with Crippen LogP contribution in [0.3, 0.4) is 0 Å². The van der Waals surface area contributed by atoms with Crippen molar-refractivity contribution in [1.82, 2.24) is 4.90 Å². The number of ether oxygens (including phenoxy) is 2. The van der Waals surface area contributed by atoms with E-state index in [9.17, 15) is 9.59 Å². The Morgan fingerprint density at radius 2 is 1.42 bits per heavy atom. The van der Waals surface area contributed by atoms with Crippen molar-refractivity contribution in [3.8, 4) is 11.1 Å². The minimum absolute atomic E-state index is 0.0424. The van der Waals surface area contributed by atoms with Gasteiger partial charge in [0.1, 0.15) is 18.2 Å². The van der Waals surface area contributed by atoms with Gasteiger partial charge in [0.15, 0.2) is 0 Å². The predicted molar refractivity (Wildman–Crippen MR) is 151 cm³/mol. The number of carbonyl (C=O) groups is 2. The summed E-state index contributed by atoms with van der Waals surface area (Å²) in [7, 11) is 1.62. The number of hydrogen-bond acceptors (Lipinski definition) is 4. The van der Waals surface area contributed by atoms with Crippen LogP contribution in [0.4, 0.5) is 4.79 Å². The van der Waals surface area contributed by atoms with E-state index in [1.807, 2.05) is 45.0 Å². The number of nitrogens with zero attached hydrogens (tertiary/aromatic N) is 1. The molecule has 0 saturated carbocycles. The first-order valence-electron chi connectivity index (χ1n) is 13.4. The highest BCUT2D eigenvalue weighted by Gasteiger charge is 2.34. The molecule has 38 heavy (non-hydrogen) atoms. The predicted octanol–water partition coefficient (Wildman–Crippen LogP) is 7.33. The highest BCUT2D eigenvalue weighted by Crippen LogP contribution is 2.44. The number of rotatable bonds is 8. The Labute approximate surface area is 226 Å². The van der Waals surface area contributed by atoms with Crippen molar-refractivity contribution in [2.45, 2.75) is 70.9 Å². The molecule has 0 fully saturated rings. The van der Waals surface area contributed by atoms with Gasteiger partial charge >= 0.3 is 12.1 Å². The first-order chi connectivity index (χ1) is 18.0. The minimum atomic E-state index is -0.755. The van der Waals surface area contributed by atoms with Crippen LogP contribution in [0.2, 0.25) is 0 Å².